The quantitative estimate of drug-likeness (QED) is 0.342. The fourth-order valence-corrected chi connectivity index (χ4v) is 3.17. The summed E-state index contributed by atoms with van der Waals surface area (Å²) in [5, 5.41) is 5.81. The number of rotatable bonds is 9. The first-order chi connectivity index (χ1) is 15.2. The summed E-state index contributed by atoms with van der Waals surface area (Å²) in [6.07, 6.45) is 2.12. The molecule has 7 N–H and O–H groups in total. The molecule has 0 bridgehead atoms. The van der Waals surface area contributed by atoms with Crippen molar-refractivity contribution < 1.29 is 9.59 Å². The van der Waals surface area contributed by atoms with Gasteiger partial charge in [0.15, 0.2) is 5.82 Å². The van der Waals surface area contributed by atoms with Gasteiger partial charge in [0.05, 0.1) is 5.69 Å². The van der Waals surface area contributed by atoms with Crippen LogP contribution in [0.25, 0.3) is 11.3 Å². The summed E-state index contributed by atoms with van der Waals surface area (Å²) >= 11 is 0. The van der Waals surface area contributed by atoms with E-state index in [9.17, 15) is 14.4 Å². The second-order valence-corrected chi connectivity index (χ2v) is 7.65. The number of nitrogens with one attached hydrogen (secondary N) is 3. The Morgan fingerprint density at radius 1 is 1.12 bits per heavy atom. The molecule has 0 aliphatic carbocycles. The SMILES string of the molecule is CC(C)C[C@@H](Nc1nc(Nc2cccc(-c3ccccn3)c2)c(C(N)=O)c(=O)[nH]1)C(N)=O. The lowest BCUT2D eigenvalue weighted by Crippen LogP contribution is -2.38. The van der Waals surface area contributed by atoms with Crippen LogP contribution in [-0.4, -0.2) is 32.8 Å². The summed E-state index contributed by atoms with van der Waals surface area (Å²) in [4.78, 5) is 47.3. The van der Waals surface area contributed by atoms with E-state index in [0.29, 0.717) is 12.1 Å². The first-order valence-corrected chi connectivity index (χ1v) is 10.0. The van der Waals surface area contributed by atoms with Crippen molar-refractivity contribution in [1.82, 2.24) is 15.0 Å². The predicted molar refractivity (Wildman–Crippen MR) is 122 cm³/mol. The highest BCUT2D eigenvalue weighted by atomic mass is 16.2. The van der Waals surface area contributed by atoms with Crippen LogP contribution in [-0.2, 0) is 4.79 Å². The molecule has 10 nitrogen and oxygen atoms in total. The van der Waals surface area contributed by atoms with Crippen molar-refractivity contribution in [3.63, 3.8) is 0 Å². The molecule has 0 aliphatic rings. The number of carbonyl (C=O) groups excluding carboxylic acids is 2. The Labute approximate surface area is 184 Å². The number of H-pyrrole nitrogens is 1. The van der Waals surface area contributed by atoms with E-state index in [4.69, 9.17) is 11.5 Å². The van der Waals surface area contributed by atoms with Gasteiger partial charge in [-0.05, 0) is 36.6 Å². The van der Waals surface area contributed by atoms with Gasteiger partial charge >= 0.3 is 0 Å². The second kappa shape index (κ2) is 9.73. The van der Waals surface area contributed by atoms with Gasteiger partial charge in [-0.15, -0.1) is 0 Å². The van der Waals surface area contributed by atoms with Crippen molar-refractivity contribution in [2.45, 2.75) is 26.3 Å². The van der Waals surface area contributed by atoms with Gasteiger partial charge in [-0.3, -0.25) is 24.4 Å². The molecule has 166 valence electrons. The van der Waals surface area contributed by atoms with Gasteiger partial charge in [0.25, 0.3) is 11.5 Å². The van der Waals surface area contributed by atoms with Crippen molar-refractivity contribution in [1.29, 1.82) is 0 Å². The Balaban J connectivity index is 1.97. The molecule has 0 unspecified atom stereocenters. The smallest absolute Gasteiger partial charge is 0.267 e. The van der Waals surface area contributed by atoms with Gasteiger partial charge in [-0.2, -0.15) is 4.98 Å². The Morgan fingerprint density at radius 3 is 2.53 bits per heavy atom. The van der Waals surface area contributed by atoms with Gasteiger partial charge in [0, 0.05) is 17.4 Å². The monoisotopic (exact) mass is 435 g/mol. The number of pyridine rings is 1. The molecule has 2 aromatic heterocycles. The van der Waals surface area contributed by atoms with Crippen LogP contribution in [0.4, 0.5) is 17.5 Å². The van der Waals surface area contributed by atoms with Crippen molar-refractivity contribution in [2.24, 2.45) is 17.4 Å². The minimum absolute atomic E-state index is 0.00664. The zero-order valence-corrected chi connectivity index (χ0v) is 17.8. The van der Waals surface area contributed by atoms with E-state index in [2.05, 4.69) is 25.6 Å². The standard InChI is InChI=1S/C22H25N7O3/c1-12(2)10-16(18(23)30)27-22-28-20(17(19(24)31)21(32)29-22)26-14-7-5-6-13(11-14)15-8-3-4-9-25-15/h3-9,11-12,16H,10H2,1-2H3,(H2,23,30)(H2,24,31)(H3,26,27,28,29,32)/t16-/m1/s1. The second-order valence-electron chi connectivity index (χ2n) is 7.65. The van der Waals surface area contributed by atoms with E-state index in [-0.39, 0.29) is 23.2 Å². The molecular weight excluding hydrogens is 410 g/mol. The number of hydrogen-bond donors (Lipinski definition) is 5. The number of nitrogens with two attached hydrogens (primary N) is 2. The molecule has 1 aromatic carbocycles. The topological polar surface area (TPSA) is 169 Å². The normalized spacial score (nSPS) is 11.7. The molecule has 0 saturated heterocycles. The van der Waals surface area contributed by atoms with Crippen LogP contribution in [0.15, 0.2) is 53.5 Å². The number of nitrogens with zero attached hydrogens (tertiary/aromatic N) is 2. The molecule has 0 spiro atoms. The first kappa shape index (κ1) is 22.5. The summed E-state index contributed by atoms with van der Waals surface area (Å²) in [7, 11) is 0. The third-order valence-corrected chi connectivity index (χ3v) is 4.61. The van der Waals surface area contributed by atoms with Crippen LogP contribution in [0.2, 0.25) is 0 Å². The van der Waals surface area contributed by atoms with Gasteiger partial charge in [0.1, 0.15) is 11.6 Å². The van der Waals surface area contributed by atoms with Crippen molar-refractivity contribution in [3.05, 3.63) is 64.6 Å². The predicted octanol–water partition coefficient (Wildman–Crippen LogP) is 1.99. The van der Waals surface area contributed by atoms with Crippen LogP contribution in [0.1, 0.15) is 30.6 Å². The summed E-state index contributed by atoms with van der Waals surface area (Å²) in [6, 6.07) is 12.0. The van der Waals surface area contributed by atoms with E-state index in [1.54, 1.807) is 24.4 Å². The highest BCUT2D eigenvalue weighted by Gasteiger charge is 2.21. The Bertz CT molecular complexity index is 1180. The molecule has 2 amide bonds. The molecule has 10 heteroatoms. The molecule has 2 heterocycles. The van der Waals surface area contributed by atoms with Gasteiger partial charge in [-0.1, -0.05) is 32.0 Å². The minimum atomic E-state index is -0.942. The number of benzene rings is 1. The lowest BCUT2D eigenvalue weighted by molar-refractivity contribution is -0.119. The van der Waals surface area contributed by atoms with Crippen LogP contribution < -0.4 is 27.7 Å². The maximum absolute atomic E-state index is 12.6. The third-order valence-electron chi connectivity index (χ3n) is 4.61. The van der Waals surface area contributed by atoms with Gasteiger partial charge in [0.2, 0.25) is 11.9 Å². The van der Waals surface area contributed by atoms with Crippen LogP contribution in [0.3, 0.4) is 0 Å². The fraction of sp³-hybridized carbons (Fsp3) is 0.227. The Morgan fingerprint density at radius 2 is 1.91 bits per heavy atom. The average Bonchev–Trinajstić information content (AvgIpc) is 2.73. The summed E-state index contributed by atoms with van der Waals surface area (Å²) < 4.78 is 0. The van der Waals surface area contributed by atoms with E-state index in [1.165, 1.54) is 0 Å². The number of primary amides is 2. The Kier molecular flexibility index (Phi) is 6.83. The number of anilines is 3. The molecule has 0 radical (unpaired) electrons. The summed E-state index contributed by atoms with van der Waals surface area (Å²) in [5.74, 6) is -1.41. The van der Waals surface area contributed by atoms with Crippen molar-refractivity contribution in [2.75, 3.05) is 10.6 Å². The molecule has 3 aromatic rings. The summed E-state index contributed by atoms with van der Waals surface area (Å²) in [5.41, 5.74) is 11.9. The number of aromatic amines is 1. The molecule has 0 aliphatic heterocycles. The fourth-order valence-electron chi connectivity index (χ4n) is 3.17. The number of aromatic nitrogens is 3. The maximum atomic E-state index is 12.6. The molecule has 1 atom stereocenters. The lowest BCUT2D eigenvalue weighted by atomic mass is 10.0. The van der Waals surface area contributed by atoms with Crippen LogP contribution >= 0.6 is 0 Å². The summed E-state index contributed by atoms with van der Waals surface area (Å²) in [6.45, 7) is 3.87. The number of carbonyl (C=O) groups is 2. The molecular formula is C22H25N7O3. The Hall–Kier alpha value is -4.21. The van der Waals surface area contributed by atoms with Crippen molar-refractivity contribution in [3.8, 4) is 11.3 Å². The number of amides is 2. The molecule has 0 fully saturated rings. The average molecular weight is 435 g/mol. The molecule has 0 saturated carbocycles. The van der Waals surface area contributed by atoms with Gasteiger partial charge in [-0.25, -0.2) is 0 Å². The molecule has 32 heavy (non-hydrogen) atoms. The van der Waals surface area contributed by atoms with Crippen molar-refractivity contribution >= 4 is 29.3 Å². The lowest BCUT2D eigenvalue weighted by Gasteiger charge is -2.18. The van der Waals surface area contributed by atoms with E-state index >= 15 is 0 Å². The van der Waals surface area contributed by atoms with Gasteiger partial charge < -0.3 is 22.1 Å². The zero-order valence-electron chi connectivity index (χ0n) is 17.8. The van der Waals surface area contributed by atoms with E-state index in [0.717, 1.165) is 11.3 Å². The maximum Gasteiger partial charge on any atom is 0.267 e. The van der Waals surface area contributed by atoms with Crippen LogP contribution in [0.5, 0.6) is 0 Å². The largest absolute Gasteiger partial charge is 0.368 e. The van der Waals surface area contributed by atoms with E-state index in [1.807, 2.05) is 38.1 Å². The van der Waals surface area contributed by atoms with Crippen LogP contribution in [0, 0.1) is 5.92 Å². The minimum Gasteiger partial charge on any atom is -0.368 e. The van der Waals surface area contributed by atoms with E-state index < -0.39 is 23.4 Å². The molecule has 3 rings (SSSR count). The number of hydrogen-bond acceptors (Lipinski definition) is 7. The highest BCUT2D eigenvalue weighted by molar-refractivity contribution is 5.98. The zero-order chi connectivity index (χ0) is 23.3. The third kappa shape index (κ3) is 5.48. The highest BCUT2D eigenvalue weighted by Crippen LogP contribution is 2.24. The first-order valence-electron chi connectivity index (χ1n) is 10.0.